The lowest BCUT2D eigenvalue weighted by atomic mass is 9.47. The van der Waals surface area contributed by atoms with Crippen LogP contribution in [0.4, 0.5) is 0 Å². The molecule has 0 aromatic carbocycles. The molecular weight excluding hydrogens is 356 g/mol. The van der Waals surface area contributed by atoms with Crippen LogP contribution >= 0.6 is 15.9 Å². The molecule has 0 spiro atoms. The normalized spacial score (nSPS) is 58.8. The molecular formula is C19H29BrO3. The average Bonchev–Trinajstić information content (AvgIpc) is 2.72. The van der Waals surface area contributed by atoms with Gasteiger partial charge in [-0.1, -0.05) is 29.8 Å². The van der Waals surface area contributed by atoms with Gasteiger partial charge in [0.05, 0.1) is 10.4 Å². The highest BCUT2D eigenvalue weighted by Gasteiger charge is 2.65. The Bertz CT molecular complexity index is 533. The van der Waals surface area contributed by atoms with Crippen LogP contribution in [0.2, 0.25) is 0 Å². The first-order chi connectivity index (χ1) is 10.7. The Morgan fingerprint density at radius 2 is 1.83 bits per heavy atom. The third kappa shape index (κ3) is 2.06. The molecule has 0 radical (unpaired) electrons. The number of aliphatic hydroxyl groups is 1. The molecule has 0 aromatic heterocycles. The Kier molecular flexibility index (Phi) is 3.54. The van der Waals surface area contributed by atoms with Gasteiger partial charge in [0.1, 0.15) is 6.10 Å². The summed E-state index contributed by atoms with van der Waals surface area (Å²) in [6.07, 6.45) is 6.97. The molecule has 0 bridgehead atoms. The quantitative estimate of drug-likeness (QED) is 0.505. The highest BCUT2D eigenvalue weighted by atomic mass is 79.9. The molecule has 3 saturated carbocycles. The van der Waals surface area contributed by atoms with Crippen LogP contribution in [0.15, 0.2) is 0 Å². The summed E-state index contributed by atoms with van der Waals surface area (Å²) < 4.78 is 5.80. The number of esters is 1. The van der Waals surface area contributed by atoms with Gasteiger partial charge in [-0.25, -0.2) is 0 Å². The van der Waals surface area contributed by atoms with Crippen LogP contribution in [-0.4, -0.2) is 27.6 Å². The van der Waals surface area contributed by atoms with Crippen molar-refractivity contribution < 1.29 is 14.6 Å². The molecule has 3 aliphatic carbocycles. The monoisotopic (exact) mass is 384 g/mol. The predicted molar refractivity (Wildman–Crippen MR) is 92.2 cm³/mol. The summed E-state index contributed by atoms with van der Waals surface area (Å²) in [5.74, 6) is 1.85. The van der Waals surface area contributed by atoms with Gasteiger partial charge < -0.3 is 9.84 Å². The lowest BCUT2D eigenvalue weighted by Crippen LogP contribution is -2.61. The number of hydrogen-bond donors (Lipinski definition) is 1. The zero-order valence-corrected chi connectivity index (χ0v) is 16.1. The molecule has 1 aliphatic heterocycles. The van der Waals surface area contributed by atoms with E-state index in [9.17, 15) is 9.90 Å². The minimum atomic E-state index is -0.527. The third-order valence-electron chi connectivity index (χ3n) is 8.45. The number of halogens is 1. The summed E-state index contributed by atoms with van der Waals surface area (Å²) in [7, 11) is 0. The first-order valence-corrected chi connectivity index (χ1v) is 10.2. The van der Waals surface area contributed by atoms with Crippen molar-refractivity contribution in [3.63, 3.8) is 0 Å². The minimum Gasteiger partial charge on any atom is -0.461 e. The second-order valence-corrected chi connectivity index (χ2v) is 10.5. The number of rotatable bonds is 0. The van der Waals surface area contributed by atoms with Gasteiger partial charge in [0.15, 0.2) is 0 Å². The highest BCUT2D eigenvalue weighted by molar-refractivity contribution is 9.09. The molecule has 23 heavy (non-hydrogen) atoms. The lowest BCUT2D eigenvalue weighted by molar-refractivity contribution is -0.194. The maximum absolute atomic E-state index is 11.8. The van der Waals surface area contributed by atoms with E-state index in [1.807, 2.05) is 0 Å². The Morgan fingerprint density at radius 1 is 1.13 bits per heavy atom. The van der Waals surface area contributed by atoms with Gasteiger partial charge in [-0.2, -0.15) is 0 Å². The number of carbonyl (C=O) groups excluding carboxylic acids is 1. The predicted octanol–water partition coefficient (Wildman–Crippen LogP) is 4.06. The topological polar surface area (TPSA) is 46.5 Å². The minimum absolute atomic E-state index is 0.0243. The van der Waals surface area contributed by atoms with Gasteiger partial charge in [-0.05, 0) is 68.6 Å². The van der Waals surface area contributed by atoms with E-state index in [2.05, 4.69) is 36.7 Å². The van der Waals surface area contributed by atoms with Crippen molar-refractivity contribution in [2.75, 3.05) is 0 Å². The zero-order chi connectivity index (χ0) is 16.6. The average molecular weight is 385 g/mol. The third-order valence-corrected chi connectivity index (χ3v) is 9.30. The van der Waals surface area contributed by atoms with E-state index in [0.29, 0.717) is 24.2 Å². The molecule has 4 aliphatic rings. The Balaban J connectivity index is 1.69. The van der Waals surface area contributed by atoms with E-state index in [-0.39, 0.29) is 27.7 Å². The second kappa shape index (κ2) is 4.97. The Hall–Kier alpha value is -0.0900. The molecule has 8 atom stereocenters. The SMILES string of the molecule is C[C@]12CCC(=O)O[C@@H]1[C@@H](Br)C[C@@H]1[C@@H]2CC[C@@]2(C)[C@H]1CC[C@]2(C)O. The maximum atomic E-state index is 11.8. The van der Waals surface area contributed by atoms with Gasteiger partial charge in [0.2, 0.25) is 0 Å². The first kappa shape index (κ1) is 16.4. The van der Waals surface area contributed by atoms with Crippen LogP contribution < -0.4 is 0 Å². The summed E-state index contributed by atoms with van der Waals surface area (Å²) >= 11 is 3.86. The largest absolute Gasteiger partial charge is 0.461 e. The van der Waals surface area contributed by atoms with E-state index in [0.717, 1.165) is 38.5 Å². The fourth-order valence-electron chi connectivity index (χ4n) is 6.79. The molecule has 4 heteroatoms. The summed E-state index contributed by atoms with van der Waals surface area (Å²) in [6.45, 7) is 6.72. The molecule has 130 valence electrons. The molecule has 1 N–H and O–H groups in total. The Morgan fingerprint density at radius 3 is 2.57 bits per heavy atom. The second-order valence-electron chi connectivity index (χ2n) is 9.31. The summed E-state index contributed by atoms with van der Waals surface area (Å²) in [4.78, 5) is 12.1. The summed E-state index contributed by atoms with van der Waals surface area (Å²) in [6, 6.07) is 0. The van der Waals surface area contributed by atoms with Crippen molar-refractivity contribution in [3.05, 3.63) is 0 Å². The molecule has 0 amide bonds. The van der Waals surface area contributed by atoms with Gasteiger partial charge in [0.25, 0.3) is 0 Å². The van der Waals surface area contributed by atoms with Gasteiger partial charge in [0, 0.05) is 11.8 Å². The Labute approximate surface area is 147 Å². The van der Waals surface area contributed by atoms with Gasteiger partial charge in [-0.15, -0.1) is 0 Å². The van der Waals surface area contributed by atoms with Crippen molar-refractivity contribution in [1.82, 2.24) is 0 Å². The molecule has 3 nitrogen and oxygen atoms in total. The number of carbonyl (C=O) groups is 1. The van der Waals surface area contributed by atoms with Crippen LogP contribution in [0.1, 0.15) is 65.7 Å². The van der Waals surface area contributed by atoms with E-state index in [1.54, 1.807) is 0 Å². The summed E-state index contributed by atoms with van der Waals surface area (Å²) in [5.41, 5.74) is -0.378. The molecule has 1 saturated heterocycles. The lowest BCUT2D eigenvalue weighted by Gasteiger charge is -2.61. The molecule has 1 heterocycles. The first-order valence-electron chi connectivity index (χ1n) is 9.25. The number of ether oxygens (including phenoxy) is 1. The van der Waals surface area contributed by atoms with Gasteiger partial charge >= 0.3 is 5.97 Å². The van der Waals surface area contributed by atoms with Crippen molar-refractivity contribution in [2.45, 2.75) is 82.2 Å². The van der Waals surface area contributed by atoms with Crippen molar-refractivity contribution >= 4 is 21.9 Å². The van der Waals surface area contributed by atoms with Crippen LogP contribution in [-0.2, 0) is 9.53 Å². The van der Waals surface area contributed by atoms with Crippen molar-refractivity contribution in [2.24, 2.45) is 28.6 Å². The number of hydrogen-bond acceptors (Lipinski definition) is 3. The summed E-state index contributed by atoms with van der Waals surface area (Å²) in [5, 5.41) is 11.0. The van der Waals surface area contributed by atoms with Gasteiger partial charge in [-0.3, -0.25) is 4.79 Å². The van der Waals surface area contributed by atoms with E-state index >= 15 is 0 Å². The van der Waals surface area contributed by atoms with Crippen LogP contribution in [0.3, 0.4) is 0 Å². The molecule has 4 rings (SSSR count). The molecule has 0 unspecified atom stereocenters. The fraction of sp³-hybridized carbons (Fsp3) is 0.947. The highest BCUT2D eigenvalue weighted by Crippen LogP contribution is 2.67. The van der Waals surface area contributed by atoms with E-state index < -0.39 is 5.60 Å². The number of fused-ring (bicyclic) bond motifs is 5. The fourth-order valence-corrected chi connectivity index (χ4v) is 7.94. The smallest absolute Gasteiger partial charge is 0.306 e. The number of alkyl halides is 1. The zero-order valence-electron chi connectivity index (χ0n) is 14.5. The maximum Gasteiger partial charge on any atom is 0.306 e. The standard InChI is InChI=1S/C19H29BrO3/c1-17-7-6-15(21)23-16(17)14(20)10-11-12(17)4-8-18(2)13(11)5-9-19(18,3)22/h11-14,16,22H,4-10H2,1-3H3/t11-,12+,13+,14+,16-,17-,18+,19+/m1/s1. The van der Waals surface area contributed by atoms with Crippen LogP contribution in [0.25, 0.3) is 0 Å². The molecule has 4 fully saturated rings. The van der Waals surface area contributed by atoms with Crippen LogP contribution in [0.5, 0.6) is 0 Å². The van der Waals surface area contributed by atoms with Crippen LogP contribution in [0, 0.1) is 28.6 Å². The van der Waals surface area contributed by atoms with Crippen molar-refractivity contribution in [1.29, 1.82) is 0 Å². The molecule has 0 aromatic rings. The van der Waals surface area contributed by atoms with E-state index in [4.69, 9.17) is 4.74 Å². The van der Waals surface area contributed by atoms with E-state index in [1.165, 1.54) is 0 Å². The van der Waals surface area contributed by atoms with Crippen molar-refractivity contribution in [3.8, 4) is 0 Å².